The Balaban J connectivity index is 2.69. The first-order valence-corrected chi connectivity index (χ1v) is 4.03. The van der Waals surface area contributed by atoms with Gasteiger partial charge in [-0.15, -0.1) is 0 Å². The number of rotatable bonds is 3. The minimum Gasteiger partial charge on any atom is -0.466 e. The van der Waals surface area contributed by atoms with E-state index in [0.29, 0.717) is 17.1 Å². The molecule has 5 nitrogen and oxygen atoms in total. The lowest BCUT2D eigenvalue weighted by atomic mass is 10.2. The molecule has 0 bridgehead atoms. The molecule has 0 saturated carbocycles. The van der Waals surface area contributed by atoms with E-state index in [-0.39, 0.29) is 0 Å². The van der Waals surface area contributed by atoms with Crippen molar-refractivity contribution in [3.05, 3.63) is 23.2 Å². The highest BCUT2D eigenvalue weighted by Crippen LogP contribution is 2.14. The molecule has 0 aromatic carbocycles. The number of ether oxygens (including phenoxy) is 1. The molecular formula is C9H11NO4. The van der Waals surface area contributed by atoms with E-state index in [0.717, 1.165) is 0 Å². The molecule has 0 spiro atoms. The first-order valence-electron chi connectivity index (χ1n) is 4.03. The number of furan rings is 1. The number of primary amides is 1. The highest BCUT2D eigenvalue weighted by atomic mass is 16.5. The fourth-order valence-electron chi connectivity index (χ4n) is 1.05. The Hall–Kier alpha value is -1.78. The molecule has 1 rings (SSSR count). The van der Waals surface area contributed by atoms with Crippen LogP contribution in [0.3, 0.4) is 0 Å². The van der Waals surface area contributed by atoms with Gasteiger partial charge in [-0.3, -0.25) is 4.79 Å². The van der Waals surface area contributed by atoms with Crippen molar-refractivity contribution in [3.8, 4) is 0 Å². The van der Waals surface area contributed by atoms with Crippen molar-refractivity contribution in [2.24, 2.45) is 5.73 Å². The van der Waals surface area contributed by atoms with E-state index in [2.05, 4.69) is 4.74 Å². The summed E-state index contributed by atoms with van der Waals surface area (Å²) in [5.74, 6) is -0.195. The number of carbonyl (C=O) groups is 2. The first-order chi connectivity index (χ1) is 6.50. The van der Waals surface area contributed by atoms with Crippen molar-refractivity contribution in [2.75, 3.05) is 6.61 Å². The van der Waals surface area contributed by atoms with Crippen LogP contribution >= 0.6 is 0 Å². The van der Waals surface area contributed by atoms with Gasteiger partial charge in [0.05, 0.1) is 0 Å². The van der Waals surface area contributed by atoms with Crippen LogP contribution in [0, 0.1) is 13.8 Å². The summed E-state index contributed by atoms with van der Waals surface area (Å²) in [6.45, 7) is 2.95. The Morgan fingerprint density at radius 2 is 2.14 bits per heavy atom. The fraction of sp³-hybridized carbons (Fsp3) is 0.333. The monoisotopic (exact) mass is 197 g/mol. The van der Waals surface area contributed by atoms with Crippen LogP contribution < -0.4 is 5.73 Å². The van der Waals surface area contributed by atoms with Gasteiger partial charge in [-0.1, -0.05) is 0 Å². The van der Waals surface area contributed by atoms with Crippen LogP contribution in [0.2, 0.25) is 0 Å². The number of hydrogen-bond acceptors (Lipinski definition) is 4. The van der Waals surface area contributed by atoms with Gasteiger partial charge in [-0.2, -0.15) is 0 Å². The van der Waals surface area contributed by atoms with Gasteiger partial charge in [-0.25, -0.2) is 4.79 Å². The Morgan fingerprint density at radius 1 is 1.50 bits per heavy atom. The van der Waals surface area contributed by atoms with E-state index >= 15 is 0 Å². The van der Waals surface area contributed by atoms with Crippen molar-refractivity contribution in [1.82, 2.24) is 0 Å². The van der Waals surface area contributed by atoms with Crippen LogP contribution in [0.25, 0.3) is 0 Å². The Morgan fingerprint density at radius 3 is 2.57 bits per heavy atom. The summed E-state index contributed by atoms with van der Waals surface area (Å²) >= 11 is 0. The smallest absolute Gasteiger partial charge is 0.342 e. The normalized spacial score (nSPS) is 9.86. The average Bonchev–Trinajstić information content (AvgIpc) is 2.41. The molecule has 76 valence electrons. The molecule has 1 heterocycles. The molecule has 0 fully saturated rings. The average molecular weight is 197 g/mol. The summed E-state index contributed by atoms with van der Waals surface area (Å²) < 4.78 is 9.74. The van der Waals surface area contributed by atoms with Gasteiger partial charge in [0.1, 0.15) is 17.1 Å². The maximum absolute atomic E-state index is 11.3. The molecule has 0 saturated heterocycles. The van der Waals surface area contributed by atoms with Crippen molar-refractivity contribution < 1.29 is 18.7 Å². The Kier molecular flexibility index (Phi) is 2.91. The first kappa shape index (κ1) is 10.3. The molecule has 1 amide bonds. The predicted octanol–water partition coefficient (Wildman–Crippen LogP) is 0.539. The topological polar surface area (TPSA) is 82.5 Å². The third kappa shape index (κ3) is 2.35. The standard InChI is InChI=1S/C9H11NO4/c1-5-3-7(6(2)14-5)9(12)13-4-8(10)11/h3H,4H2,1-2H3,(H2,10,11). The van der Waals surface area contributed by atoms with Gasteiger partial charge in [0.2, 0.25) is 0 Å². The van der Waals surface area contributed by atoms with E-state index in [9.17, 15) is 9.59 Å². The van der Waals surface area contributed by atoms with Crippen molar-refractivity contribution >= 4 is 11.9 Å². The van der Waals surface area contributed by atoms with Gasteiger partial charge >= 0.3 is 5.97 Å². The second kappa shape index (κ2) is 3.95. The van der Waals surface area contributed by atoms with Crippen LogP contribution in [-0.4, -0.2) is 18.5 Å². The zero-order valence-corrected chi connectivity index (χ0v) is 7.99. The maximum atomic E-state index is 11.3. The number of amides is 1. The number of esters is 1. The molecule has 5 heteroatoms. The largest absolute Gasteiger partial charge is 0.466 e. The van der Waals surface area contributed by atoms with E-state index in [1.165, 1.54) is 0 Å². The summed E-state index contributed by atoms with van der Waals surface area (Å²) in [5.41, 5.74) is 5.15. The lowest BCUT2D eigenvalue weighted by molar-refractivity contribution is -0.121. The Bertz CT molecular complexity index is 367. The van der Waals surface area contributed by atoms with Crippen molar-refractivity contribution in [2.45, 2.75) is 13.8 Å². The summed E-state index contributed by atoms with van der Waals surface area (Å²) in [6.07, 6.45) is 0. The molecule has 0 aliphatic carbocycles. The summed E-state index contributed by atoms with van der Waals surface area (Å²) in [6, 6.07) is 1.55. The fourth-order valence-corrected chi connectivity index (χ4v) is 1.05. The number of carbonyl (C=O) groups excluding carboxylic acids is 2. The number of nitrogens with two attached hydrogens (primary N) is 1. The minimum atomic E-state index is -0.684. The van der Waals surface area contributed by atoms with Gasteiger partial charge in [0, 0.05) is 0 Å². The molecule has 1 aromatic heterocycles. The molecule has 0 aliphatic rings. The lowest BCUT2D eigenvalue weighted by Gasteiger charge is -1.99. The number of aryl methyl sites for hydroxylation is 2. The van der Waals surface area contributed by atoms with E-state index < -0.39 is 18.5 Å². The quantitative estimate of drug-likeness (QED) is 0.717. The summed E-state index contributed by atoms with van der Waals surface area (Å²) in [4.78, 5) is 21.6. The zero-order valence-electron chi connectivity index (χ0n) is 7.99. The van der Waals surface area contributed by atoms with E-state index in [1.807, 2.05) is 0 Å². The van der Waals surface area contributed by atoms with E-state index in [1.54, 1.807) is 19.9 Å². The molecule has 0 unspecified atom stereocenters. The van der Waals surface area contributed by atoms with Crippen molar-refractivity contribution in [1.29, 1.82) is 0 Å². The van der Waals surface area contributed by atoms with Gasteiger partial charge in [-0.05, 0) is 19.9 Å². The Labute approximate surface area is 80.8 Å². The summed E-state index contributed by atoms with van der Waals surface area (Å²) in [5, 5.41) is 0. The SMILES string of the molecule is Cc1cc(C(=O)OCC(N)=O)c(C)o1. The summed E-state index contributed by atoms with van der Waals surface area (Å²) in [7, 11) is 0. The minimum absolute atomic E-state index is 0.323. The van der Waals surface area contributed by atoms with Crippen molar-refractivity contribution in [3.63, 3.8) is 0 Å². The predicted molar refractivity (Wildman–Crippen MR) is 47.7 cm³/mol. The molecule has 0 aliphatic heterocycles. The van der Waals surface area contributed by atoms with Gasteiger partial charge in [0.15, 0.2) is 6.61 Å². The van der Waals surface area contributed by atoms with Crippen LogP contribution in [0.5, 0.6) is 0 Å². The second-order valence-corrected chi connectivity index (χ2v) is 2.87. The molecule has 14 heavy (non-hydrogen) atoms. The van der Waals surface area contributed by atoms with E-state index in [4.69, 9.17) is 10.2 Å². The van der Waals surface area contributed by atoms with Crippen LogP contribution in [-0.2, 0) is 9.53 Å². The molecule has 0 radical (unpaired) electrons. The second-order valence-electron chi connectivity index (χ2n) is 2.87. The molecular weight excluding hydrogens is 186 g/mol. The molecule has 0 atom stereocenters. The molecule has 1 aromatic rings. The lowest BCUT2D eigenvalue weighted by Crippen LogP contribution is -2.20. The van der Waals surface area contributed by atoms with Crippen LogP contribution in [0.1, 0.15) is 21.9 Å². The molecule has 2 N–H and O–H groups in total. The van der Waals surface area contributed by atoms with Crippen LogP contribution in [0.4, 0.5) is 0 Å². The van der Waals surface area contributed by atoms with Gasteiger partial charge in [0.25, 0.3) is 5.91 Å². The van der Waals surface area contributed by atoms with Gasteiger partial charge < -0.3 is 14.9 Å². The maximum Gasteiger partial charge on any atom is 0.342 e. The highest BCUT2D eigenvalue weighted by Gasteiger charge is 2.15. The highest BCUT2D eigenvalue weighted by molar-refractivity contribution is 5.92. The zero-order chi connectivity index (χ0) is 10.7. The number of hydrogen-bond donors (Lipinski definition) is 1. The third-order valence-electron chi connectivity index (χ3n) is 1.61. The third-order valence-corrected chi connectivity index (χ3v) is 1.61. The van der Waals surface area contributed by atoms with Crippen LogP contribution in [0.15, 0.2) is 10.5 Å².